The fourth-order valence-corrected chi connectivity index (χ4v) is 6.85. The average Bonchev–Trinajstić information content (AvgIpc) is 3.29. The summed E-state index contributed by atoms with van der Waals surface area (Å²) < 4.78 is 61.2. The molecule has 35 heavy (non-hydrogen) atoms. The van der Waals surface area contributed by atoms with E-state index in [-0.39, 0.29) is 28.8 Å². The molecule has 0 spiro atoms. The molecule has 2 aromatic carbocycles. The Morgan fingerprint density at radius 3 is 2.60 bits per heavy atom. The molecule has 1 aliphatic heterocycles. The van der Waals surface area contributed by atoms with Crippen molar-refractivity contribution in [2.45, 2.75) is 23.8 Å². The summed E-state index contributed by atoms with van der Waals surface area (Å²) in [4.78, 5) is 0.182. The monoisotopic (exact) mass is 541 g/mol. The Bertz CT molecular complexity index is 1400. The molecule has 0 bridgehead atoms. The minimum atomic E-state index is -3.66. The highest BCUT2D eigenvalue weighted by Crippen LogP contribution is 2.29. The molecule has 2 heterocycles. The number of phenolic OH excluding ortho intramolecular Hbond substituents is 1. The van der Waals surface area contributed by atoms with E-state index in [2.05, 4.69) is 18.8 Å². The van der Waals surface area contributed by atoms with Crippen LogP contribution in [0, 0.1) is 5.92 Å². The minimum Gasteiger partial charge on any atom is -0.506 e. The molecule has 0 radical (unpaired) electrons. The SMILES string of the molecule is CS(=O)(=O)Nc1cc([C@@H](O)CNCC2CCN(S(=O)(=O)c3cccc4nsnc34)CC2)ccc1O. The maximum atomic E-state index is 13.2. The second-order valence-corrected chi connectivity index (χ2v) is 12.7. The van der Waals surface area contributed by atoms with E-state index in [1.54, 1.807) is 18.2 Å². The molecule has 1 atom stereocenters. The molecule has 0 aliphatic carbocycles. The molecule has 1 saturated heterocycles. The first-order valence-corrected chi connectivity index (χ1v) is 15.0. The van der Waals surface area contributed by atoms with Gasteiger partial charge in [0.25, 0.3) is 0 Å². The van der Waals surface area contributed by atoms with E-state index in [9.17, 15) is 27.0 Å². The van der Waals surface area contributed by atoms with Gasteiger partial charge in [0.2, 0.25) is 20.0 Å². The molecule has 0 amide bonds. The molecule has 190 valence electrons. The van der Waals surface area contributed by atoms with Crippen molar-refractivity contribution in [1.29, 1.82) is 0 Å². The molecular formula is C21H27N5O6S3. The zero-order chi connectivity index (χ0) is 25.2. The van der Waals surface area contributed by atoms with Crippen LogP contribution in [0.2, 0.25) is 0 Å². The van der Waals surface area contributed by atoms with Gasteiger partial charge in [-0.05, 0) is 55.1 Å². The summed E-state index contributed by atoms with van der Waals surface area (Å²) in [5.41, 5.74) is 1.43. The average molecular weight is 542 g/mol. The van der Waals surface area contributed by atoms with Crippen molar-refractivity contribution in [3.63, 3.8) is 0 Å². The van der Waals surface area contributed by atoms with E-state index >= 15 is 0 Å². The Morgan fingerprint density at radius 2 is 1.89 bits per heavy atom. The Hall–Kier alpha value is -2.36. The number of aliphatic hydroxyl groups excluding tert-OH is 1. The number of nitrogens with one attached hydrogen (secondary N) is 2. The lowest BCUT2D eigenvalue weighted by molar-refractivity contribution is 0.169. The number of aromatic nitrogens is 2. The Kier molecular flexibility index (Phi) is 7.59. The zero-order valence-electron chi connectivity index (χ0n) is 19.0. The Labute approximate surface area is 208 Å². The number of aliphatic hydroxyl groups is 1. The van der Waals surface area contributed by atoms with Gasteiger partial charge in [-0.15, -0.1) is 0 Å². The number of nitrogens with zero attached hydrogens (tertiary/aromatic N) is 3. The lowest BCUT2D eigenvalue weighted by Crippen LogP contribution is -2.41. The van der Waals surface area contributed by atoms with Crippen LogP contribution in [0.25, 0.3) is 11.0 Å². The van der Waals surface area contributed by atoms with E-state index in [1.165, 1.54) is 22.5 Å². The van der Waals surface area contributed by atoms with Crippen LogP contribution >= 0.6 is 11.7 Å². The highest BCUT2D eigenvalue weighted by molar-refractivity contribution is 7.92. The topological polar surface area (TPSA) is 162 Å². The van der Waals surface area contributed by atoms with E-state index in [1.807, 2.05) is 0 Å². The predicted octanol–water partition coefficient (Wildman–Crippen LogP) is 1.49. The molecular weight excluding hydrogens is 514 g/mol. The Balaban J connectivity index is 1.29. The van der Waals surface area contributed by atoms with Crippen molar-refractivity contribution in [1.82, 2.24) is 18.4 Å². The number of aromatic hydroxyl groups is 1. The summed E-state index contributed by atoms with van der Waals surface area (Å²) in [7, 11) is -7.24. The molecule has 0 unspecified atom stereocenters. The molecule has 0 saturated carbocycles. The predicted molar refractivity (Wildman–Crippen MR) is 133 cm³/mol. The van der Waals surface area contributed by atoms with Crippen molar-refractivity contribution in [3.05, 3.63) is 42.0 Å². The van der Waals surface area contributed by atoms with Crippen molar-refractivity contribution in [3.8, 4) is 5.75 Å². The first-order chi connectivity index (χ1) is 16.5. The van der Waals surface area contributed by atoms with Gasteiger partial charge in [0.1, 0.15) is 21.7 Å². The summed E-state index contributed by atoms with van der Waals surface area (Å²) in [6, 6.07) is 9.22. The highest BCUT2D eigenvalue weighted by atomic mass is 32.2. The normalized spacial score (nSPS) is 17.0. The van der Waals surface area contributed by atoms with Crippen LogP contribution in [-0.4, -0.2) is 72.5 Å². The molecule has 1 aliphatic rings. The summed E-state index contributed by atoms with van der Waals surface area (Å²) in [5.74, 6) is 0.0102. The van der Waals surface area contributed by atoms with Crippen LogP contribution in [0.5, 0.6) is 5.75 Å². The third-order valence-corrected chi connectivity index (χ3v) is 8.98. The number of hydrogen-bond donors (Lipinski definition) is 4. The fourth-order valence-electron chi connectivity index (χ4n) is 4.07. The number of hydrogen-bond acceptors (Lipinski definition) is 10. The van der Waals surface area contributed by atoms with E-state index in [0.717, 1.165) is 18.0 Å². The number of anilines is 1. The fraction of sp³-hybridized carbons (Fsp3) is 0.429. The van der Waals surface area contributed by atoms with Crippen molar-refractivity contribution in [2.24, 2.45) is 5.92 Å². The molecule has 1 fully saturated rings. The Morgan fingerprint density at radius 1 is 1.14 bits per heavy atom. The first-order valence-electron chi connectivity index (χ1n) is 11.0. The van der Waals surface area contributed by atoms with Gasteiger partial charge in [-0.1, -0.05) is 12.1 Å². The molecule has 14 heteroatoms. The number of piperidine rings is 1. The molecule has 4 rings (SSSR count). The summed E-state index contributed by atoms with van der Waals surface area (Å²) in [6.07, 6.45) is 1.41. The standard InChI is InChI=1S/C21H27N5O6S3/c1-34(29,30)25-17-11-15(5-6-18(17)27)19(28)13-22-12-14-7-9-26(10-8-14)35(31,32)20-4-2-3-16-21(20)24-33-23-16/h2-6,11,14,19,22,25,27-28H,7-10,12-13H2,1H3/t19-/m0/s1. The molecule has 1 aromatic heterocycles. The van der Waals surface area contributed by atoms with Gasteiger partial charge in [-0.25, -0.2) is 16.8 Å². The van der Waals surface area contributed by atoms with Crippen molar-refractivity contribution in [2.75, 3.05) is 37.2 Å². The first kappa shape index (κ1) is 25.7. The molecule has 4 N–H and O–H groups in total. The second-order valence-electron chi connectivity index (χ2n) is 8.56. The molecule has 11 nitrogen and oxygen atoms in total. The van der Waals surface area contributed by atoms with Gasteiger partial charge in [0.15, 0.2) is 0 Å². The number of rotatable bonds is 9. The number of phenols is 1. The van der Waals surface area contributed by atoms with Crippen LogP contribution in [0.4, 0.5) is 5.69 Å². The van der Waals surface area contributed by atoms with Gasteiger partial charge in [0.05, 0.1) is 29.8 Å². The van der Waals surface area contributed by atoms with Crippen LogP contribution in [0.1, 0.15) is 24.5 Å². The van der Waals surface area contributed by atoms with Crippen molar-refractivity contribution >= 4 is 48.5 Å². The van der Waals surface area contributed by atoms with Crippen LogP contribution in [-0.2, 0) is 20.0 Å². The van der Waals surface area contributed by atoms with E-state index in [0.29, 0.717) is 49.1 Å². The number of sulfonamides is 2. The number of fused-ring (bicyclic) bond motifs is 1. The number of benzene rings is 2. The minimum absolute atomic E-state index is 0.00163. The summed E-state index contributed by atoms with van der Waals surface area (Å²) >= 11 is 0.989. The maximum absolute atomic E-state index is 13.2. The van der Waals surface area contributed by atoms with Gasteiger partial charge in [-0.3, -0.25) is 4.72 Å². The van der Waals surface area contributed by atoms with Crippen LogP contribution in [0.3, 0.4) is 0 Å². The molecule has 3 aromatic rings. The lowest BCUT2D eigenvalue weighted by atomic mass is 9.98. The largest absolute Gasteiger partial charge is 0.506 e. The summed E-state index contributed by atoms with van der Waals surface area (Å²) in [6.45, 7) is 1.61. The van der Waals surface area contributed by atoms with Crippen molar-refractivity contribution < 1.29 is 27.0 Å². The van der Waals surface area contributed by atoms with Crippen LogP contribution < -0.4 is 10.0 Å². The van der Waals surface area contributed by atoms with Gasteiger partial charge >= 0.3 is 0 Å². The van der Waals surface area contributed by atoms with Crippen LogP contribution in [0.15, 0.2) is 41.3 Å². The maximum Gasteiger partial charge on any atom is 0.245 e. The highest BCUT2D eigenvalue weighted by Gasteiger charge is 2.31. The zero-order valence-corrected chi connectivity index (χ0v) is 21.4. The third-order valence-electron chi connectivity index (χ3n) is 5.91. The van der Waals surface area contributed by atoms with Gasteiger partial charge in [0, 0.05) is 19.6 Å². The third kappa shape index (κ3) is 6.08. The van der Waals surface area contributed by atoms with E-state index in [4.69, 9.17) is 0 Å². The van der Waals surface area contributed by atoms with E-state index < -0.39 is 26.2 Å². The second kappa shape index (κ2) is 10.3. The smallest absolute Gasteiger partial charge is 0.245 e. The van der Waals surface area contributed by atoms with Gasteiger partial charge < -0.3 is 15.5 Å². The lowest BCUT2D eigenvalue weighted by Gasteiger charge is -2.31. The van der Waals surface area contributed by atoms with Gasteiger partial charge in [-0.2, -0.15) is 13.1 Å². The summed E-state index contributed by atoms with van der Waals surface area (Å²) in [5, 5.41) is 23.5. The quantitative estimate of drug-likeness (QED) is 0.294.